The molecule has 7 atom stereocenters. The zero-order chi connectivity index (χ0) is 39.8. The molecule has 0 aromatic carbocycles. The van der Waals surface area contributed by atoms with Gasteiger partial charge in [-0.15, -0.1) is 0 Å². The number of hydrogen-bond donors (Lipinski definition) is 11. The molecule has 24 heteroatoms. The van der Waals surface area contributed by atoms with Gasteiger partial charge in [-0.25, -0.2) is 18.9 Å². The Kier molecular flexibility index (Phi) is 14.3. The Labute approximate surface area is 295 Å². The smallest absolute Gasteiger partial charge is 0.473 e. The van der Waals surface area contributed by atoms with Gasteiger partial charge in [-0.2, -0.15) is 0 Å². The predicted octanol–water partition coefficient (Wildman–Crippen LogP) is -3.13. The molecule has 2 heterocycles. The molecule has 1 aliphatic carbocycles. The van der Waals surface area contributed by atoms with Gasteiger partial charge in [0.2, 0.25) is 11.8 Å². The van der Waals surface area contributed by atoms with Crippen LogP contribution in [0.15, 0.2) is 38.6 Å². The van der Waals surface area contributed by atoms with Gasteiger partial charge in [-0.1, -0.05) is 0 Å². The van der Waals surface area contributed by atoms with Gasteiger partial charge >= 0.3 is 31.4 Å². The lowest BCUT2D eigenvalue weighted by molar-refractivity contribution is -0.144. The molecule has 290 valence electrons. The summed E-state index contributed by atoms with van der Waals surface area (Å²) in [5, 5.41) is 63.0. The summed E-state index contributed by atoms with van der Waals surface area (Å²) < 4.78 is 23.0. The minimum atomic E-state index is -5.25. The Morgan fingerprint density at radius 1 is 0.887 bits per heavy atom. The minimum Gasteiger partial charge on any atom is -0.481 e. The van der Waals surface area contributed by atoms with Crippen molar-refractivity contribution in [3.05, 3.63) is 55.3 Å². The Balaban J connectivity index is 1.59. The number of pyridine rings is 1. The minimum absolute atomic E-state index is 0.0585. The Bertz CT molecular complexity index is 2040. The highest BCUT2D eigenvalue weighted by molar-refractivity contribution is 7.47. The quantitative estimate of drug-likeness (QED) is 0.0399. The van der Waals surface area contributed by atoms with Crippen LogP contribution in [0.1, 0.15) is 32.6 Å². The number of rotatable bonds is 20. The molecule has 1 aliphatic heterocycles. The van der Waals surface area contributed by atoms with Crippen molar-refractivity contribution in [1.82, 2.24) is 25.2 Å². The molecule has 0 spiro atoms. The zero-order valence-corrected chi connectivity index (χ0v) is 28.4. The van der Waals surface area contributed by atoms with E-state index in [-0.39, 0.29) is 16.7 Å². The average molecular weight is 774 g/mol. The number of carboxylic acid groups (broad SMARTS) is 3. The lowest BCUT2D eigenvalue weighted by atomic mass is 10.0. The third-order valence-electron chi connectivity index (χ3n) is 7.60. The van der Waals surface area contributed by atoms with Gasteiger partial charge in [0.05, 0.1) is 24.2 Å². The van der Waals surface area contributed by atoms with E-state index >= 15 is 0 Å². The number of amides is 2. The maximum absolute atomic E-state index is 12.5. The van der Waals surface area contributed by atoms with E-state index in [0.29, 0.717) is 5.56 Å². The van der Waals surface area contributed by atoms with Crippen LogP contribution in [0.25, 0.3) is 22.3 Å². The van der Waals surface area contributed by atoms with E-state index in [1.807, 2.05) is 15.6 Å². The number of nitrogens with one attached hydrogen (secondary N) is 4. The number of H-pyrrole nitrogens is 2. The number of aromatic nitrogens is 3. The van der Waals surface area contributed by atoms with E-state index < -0.39 is 130 Å². The molecule has 0 radical (unpaired) electrons. The summed E-state index contributed by atoms with van der Waals surface area (Å²) in [6.07, 6.45) is -10.3. The molecule has 2 aliphatic rings. The number of phosphoric ester groups is 1. The van der Waals surface area contributed by atoms with Crippen LogP contribution in [-0.2, 0) is 44.1 Å². The molecule has 2 amide bonds. The maximum Gasteiger partial charge on any atom is 0.473 e. The molecule has 3 rings (SSSR count). The third-order valence-corrected chi connectivity index (χ3v) is 8.66. The van der Waals surface area contributed by atoms with Crippen LogP contribution >= 0.6 is 7.82 Å². The van der Waals surface area contributed by atoms with Gasteiger partial charge in [0.15, 0.2) is 5.43 Å². The molecule has 11 N–H and O–H groups in total. The van der Waals surface area contributed by atoms with Crippen molar-refractivity contribution in [3.63, 3.8) is 0 Å². The maximum atomic E-state index is 12.5. The van der Waals surface area contributed by atoms with Crippen molar-refractivity contribution in [3.8, 4) is 11.3 Å². The van der Waals surface area contributed by atoms with Crippen LogP contribution in [0.5, 0.6) is 0 Å². The van der Waals surface area contributed by atoms with Crippen molar-refractivity contribution in [2.75, 3.05) is 6.61 Å². The highest BCUT2D eigenvalue weighted by Crippen LogP contribution is 2.44. The number of nitrogens with zero attached hydrogens (tertiary/aromatic N) is 1. The van der Waals surface area contributed by atoms with Crippen molar-refractivity contribution in [2.45, 2.75) is 75.7 Å². The standard InChI is InChI=1S/C29H36N5O18P/c1-12(25(42)31-17(28(46)47)4-6-21(38)30-16(27(44)45)5-7-22(39)40)52-53(49,50)51-11-20(37)23(41)19(36)10-34-18-9-14(35)3-2-13(18)8-15-24(34)32-29(48)33-26(15)43/h2-3,8-9,12,16-17,19-20,23,36-37,41H,4-7,10-11H2,1H3,(H,30,38)(H,31,42)(H,39,40)(H,44,45)(H,46,47)(H,49,50)(H2,32,33,43,48)/t12-,16+,17+,19-,20+,23-/m1/s1. The first-order chi connectivity index (χ1) is 24.7. The molecular formula is C29H36N5O18P. The molecule has 0 saturated heterocycles. The Morgan fingerprint density at radius 3 is 2.13 bits per heavy atom. The van der Waals surface area contributed by atoms with Crippen molar-refractivity contribution in [1.29, 1.82) is 0 Å². The molecule has 0 fully saturated rings. The Morgan fingerprint density at radius 2 is 1.51 bits per heavy atom. The second kappa shape index (κ2) is 18.0. The Hall–Kier alpha value is -5.29. The van der Waals surface area contributed by atoms with Crippen molar-refractivity contribution in [2.24, 2.45) is 0 Å². The number of aliphatic hydroxyl groups excluding tert-OH is 3. The fourth-order valence-corrected chi connectivity index (χ4v) is 5.79. The number of benzene rings is 1. The van der Waals surface area contributed by atoms with Crippen molar-refractivity contribution >= 4 is 48.6 Å². The fraction of sp³-hybridized carbons (Fsp3) is 0.448. The summed E-state index contributed by atoms with van der Waals surface area (Å²) in [5.74, 6) is -6.76. The first kappa shape index (κ1) is 42.1. The highest BCUT2D eigenvalue weighted by Gasteiger charge is 2.34. The summed E-state index contributed by atoms with van der Waals surface area (Å²) in [4.78, 5) is 109. The van der Waals surface area contributed by atoms with Crippen LogP contribution in [0, 0.1) is 0 Å². The summed E-state index contributed by atoms with van der Waals surface area (Å²) in [6, 6.07) is 1.70. The van der Waals surface area contributed by atoms with E-state index in [4.69, 9.17) is 10.2 Å². The van der Waals surface area contributed by atoms with Gasteiger partial charge < -0.3 is 50.7 Å². The summed E-state index contributed by atoms with van der Waals surface area (Å²) in [5.41, 5.74) is -1.91. The number of aromatic amines is 2. The van der Waals surface area contributed by atoms with Crippen LogP contribution in [0.2, 0.25) is 0 Å². The van der Waals surface area contributed by atoms with E-state index in [1.165, 1.54) is 18.2 Å². The number of carboxylic acids is 3. The molecule has 1 aromatic heterocycles. The topological polar surface area (TPSA) is 374 Å². The molecule has 0 saturated carbocycles. The van der Waals surface area contributed by atoms with Gasteiger partial charge in [-0.3, -0.25) is 43.0 Å². The third kappa shape index (κ3) is 11.9. The van der Waals surface area contributed by atoms with Gasteiger partial charge in [0.25, 0.3) is 5.56 Å². The second-order valence-electron chi connectivity index (χ2n) is 11.6. The van der Waals surface area contributed by atoms with Crippen molar-refractivity contribution < 1.29 is 73.1 Å². The first-order valence-electron chi connectivity index (χ1n) is 15.5. The van der Waals surface area contributed by atoms with Gasteiger partial charge in [0.1, 0.15) is 42.1 Å². The lowest BCUT2D eigenvalue weighted by Crippen LogP contribution is -2.46. The molecule has 0 bridgehead atoms. The number of phosphoric acid groups is 1. The van der Waals surface area contributed by atoms with Crippen LogP contribution < -0.4 is 27.3 Å². The van der Waals surface area contributed by atoms with E-state index in [9.17, 15) is 68.2 Å². The molecule has 1 unspecified atom stereocenters. The van der Waals surface area contributed by atoms with E-state index in [1.54, 1.807) is 0 Å². The van der Waals surface area contributed by atoms with Crippen LogP contribution in [0.3, 0.4) is 0 Å². The molecule has 23 nitrogen and oxygen atoms in total. The first-order valence-corrected chi connectivity index (χ1v) is 17.0. The number of hydrogen-bond acceptors (Lipinski definition) is 14. The number of carbonyl (C=O) groups excluding carboxylic acids is 2. The molecule has 1 aromatic rings. The summed E-state index contributed by atoms with van der Waals surface area (Å²) in [6.45, 7) is -0.910. The lowest BCUT2D eigenvalue weighted by Gasteiger charge is -2.26. The zero-order valence-electron chi connectivity index (χ0n) is 27.5. The van der Waals surface area contributed by atoms with E-state index in [2.05, 4.69) is 14.0 Å². The predicted molar refractivity (Wildman–Crippen MR) is 176 cm³/mol. The normalized spacial score (nSPS) is 16.1. The number of carbonyl (C=O) groups is 5. The summed E-state index contributed by atoms with van der Waals surface area (Å²) in [7, 11) is -5.25. The average Bonchev–Trinajstić information content (AvgIpc) is 3.06. The number of aliphatic carboxylic acids is 3. The van der Waals surface area contributed by atoms with E-state index in [0.717, 1.165) is 17.6 Å². The number of fused-ring (bicyclic) bond motifs is 2. The van der Waals surface area contributed by atoms with Gasteiger partial charge in [0, 0.05) is 18.9 Å². The SMILES string of the molecule is C[C@@H](OP(=O)(O)OC[C@H](O)[C@H](O)[C@H](O)Cn1c2cc(=O)ccc-2cc2c(=O)[nH]c(=O)[nH]c21)C(=O)N[C@@H](CCC(=O)N[C@@H](CCC(=O)O)C(=O)O)C(=O)O. The van der Waals surface area contributed by atoms with Crippen LogP contribution in [0.4, 0.5) is 0 Å². The van der Waals surface area contributed by atoms with Crippen LogP contribution in [-0.4, -0.2) is 123 Å². The monoisotopic (exact) mass is 773 g/mol. The second-order valence-corrected chi connectivity index (χ2v) is 13.0. The summed E-state index contributed by atoms with van der Waals surface area (Å²) >= 11 is 0. The molecule has 53 heavy (non-hydrogen) atoms. The fourth-order valence-electron chi connectivity index (χ4n) is 4.89. The largest absolute Gasteiger partial charge is 0.481 e. The van der Waals surface area contributed by atoms with Gasteiger partial charge in [-0.05, 0) is 43.5 Å². The molecular weight excluding hydrogens is 737 g/mol. The highest BCUT2D eigenvalue weighted by atomic mass is 31.2. The number of aliphatic hydroxyl groups is 3.